The lowest BCUT2D eigenvalue weighted by Gasteiger charge is -2.39. The fourth-order valence-corrected chi connectivity index (χ4v) is 5.59. The van der Waals surface area contributed by atoms with Gasteiger partial charge < -0.3 is 24.3 Å². The number of nitrogens with zero attached hydrogens (tertiary/aromatic N) is 1. The van der Waals surface area contributed by atoms with E-state index in [2.05, 4.69) is 50.4 Å². The molecule has 2 aliphatic rings. The second-order valence-corrected chi connectivity index (χ2v) is 13.4. The van der Waals surface area contributed by atoms with E-state index in [1.54, 1.807) is 0 Å². The van der Waals surface area contributed by atoms with Crippen molar-refractivity contribution in [3.8, 4) is 23.0 Å². The molecular formula is C42H53BrF2N2O4. The van der Waals surface area contributed by atoms with Gasteiger partial charge in [-0.25, -0.2) is 0 Å². The Kier molecular flexibility index (Phi) is 19.3. The maximum Gasteiger partial charge on any atom is 0.124 e. The summed E-state index contributed by atoms with van der Waals surface area (Å²) in [5, 5.41) is 4.19. The van der Waals surface area contributed by atoms with E-state index in [9.17, 15) is 8.78 Å². The molecule has 0 aromatic heterocycles. The topological polar surface area (TPSA) is 52.2 Å². The molecule has 1 N–H and O–H groups in total. The molecule has 0 aliphatic carbocycles. The molecule has 0 saturated carbocycles. The Labute approximate surface area is 311 Å². The van der Waals surface area contributed by atoms with Crippen LogP contribution in [0.15, 0.2) is 109 Å². The van der Waals surface area contributed by atoms with Gasteiger partial charge in [-0.15, -0.1) is 0 Å². The molecule has 0 unspecified atom stereocenters. The number of hydrogen-bond donors (Lipinski definition) is 1. The number of halogens is 3. The molecule has 2 saturated heterocycles. The highest BCUT2D eigenvalue weighted by atomic mass is 79.9. The van der Waals surface area contributed by atoms with E-state index in [4.69, 9.17) is 18.9 Å². The van der Waals surface area contributed by atoms with Gasteiger partial charge >= 0.3 is 0 Å². The van der Waals surface area contributed by atoms with Crippen LogP contribution < -0.4 is 24.3 Å². The van der Waals surface area contributed by atoms with E-state index in [1.165, 1.54) is 5.56 Å². The van der Waals surface area contributed by atoms with Crippen LogP contribution in [0.5, 0.6) is 23.0 Å². The van der Waals surface area contributed by atoms with Crippen LogP contribution in [-0.4, -0.2) is 68.5 Å². The number of nitrogens with one attached hydrogen (secondary N) is 1. The average Bonchev–Trinajstić information content (AvgIpc) is 3.14. The molecular weight excluding hydrogens is 714 g/mol. The third kappa shape index (κ3) is 16.5. The van der Waals surface area contributed by atoms with Crippen LogP contribution in [0.1, 0.15) is 49.7 Å². The van der Waals surface area contributed by atoms with Gasteiger partial charge in [0, 0.05) is 31.5 Å². The van der Waals surface area contributed by atoms with Crippen LogP contribution >= 0.6 is 15.9 Å². The first-order chi connectivity index (χ1) is 25.1. The largest absolute Gasteiger partial charge is 0.489 e. The summed E-state index contributed by atoms with van der Waals surface area (Å²) < 4.78 is 46.6. The zero-order chi connectivity index (χ0) is 35.8. The number of rotatable bonds is 19. The first-order valence-corrected chi connectivity index (χ1v) is 19.2. The van der Waals surface area contributed by atoms with Crippen LogP contribution in [0.3, 0.4) is 0 Å². The maximum absolute atomic E-state index is 12.0. The summed E-state index contributed by atoms with van der Waals surface area (Å²) in [6.07, 6.45) is 6.16. The predicted molar refractivity (Wildman–Crippen MR) is 206 cm³/mol. The highest BCUT2D eigenvalue weighted by Crippen LogP contribution is 2.23. The minimum atomic E-state index is -0.198. The SMILES string of the molecule is FCCCCCBr.FCCCCCN1CC(Oc2ccc(OCc3ccccc3)cc2)C1.c1ccc(COc2ccc(OC3CNC3)cc2)cc1. The molecule has 51 heavy (non-hydrogen) atoms. The lowest BCUT2D eigenvalue weighted by molar-refractivity contribution is 0.0190. The molecule has 0 bridgehead atoms. The molecule has 2 aliphatic heterocycles. The molecule has 4 aromatic carbocycles. The fourth-order valence-electron chi connectivity index (χ4n) is 5.19. The fraction of sp³-hybridized carbons (Fsp3) is 0.429. The average molecular weight is 768 g/mol. The Morgan fingerprint density at radius 3 is 1.43 bits per heavy atom. The monoisotopic (exact) mass is 766 g/mol. The normalized spacial score (nSPS) is 14.1. The van der Waals surface area contributed by atoms with Gasteiger partial charge in [-0.05, 0) is 98.3 Å². The van der Waals surface area contributed by atoms with Crippen molar-refractivity contribution in [3.05, 3.63) is 120 Å². The van der Waals surface area contributed by atoms with Crippen LogP contribution in [0.25, 0.3) is 0 Å². The maximum atomic E-state index is 12.0. The number of hydrogen-bond acceptors (Lipinski definition) is 6. The van der Waals surface area contributed by atoms with Gasteiger partial charge in [0.05, 0.1) is 13.3 Å². The number of alkyl halides is 3. The minimum Gasteiger partial charge on any atom is -0.489 e. The molecule has 0 spiro atoms. The third-order valence-corrected chi connectivity index (χ3v) is 8.85. The van der Waals surface area contributed by atoms with Crippen molar-refractivity contribution in [2.75, 3.05) is 51.4 Å². The highest BCUT2D eigenvalue weighted by Gasteiger charge is 2.27. The van der Waals surface area contributed by atoms with Crippen molar-refractivity contribution in [3.63, 3.8) is 0 Å². The first kappa shape index (κ1) is 40.1. The molecule has 2 heterocycles. The number of benzene rings is 4. The Bertz CT molecular complexity index is 1420. The molecule has 4 aromatic rings. The summed E-state index contributed by atoms with van der Waals surface area (Å²) >= 11 is 3.26. The van der Waals surface area contributed by atoms with Gasteiger partial charge in [0.2, 0.25) is 0 Å². The summed E-state index contributed by atoms with van der Waals surface area (Å²) in [7, 11) is 0. The lowest BCUT2D eigenvalue weighted by Crippen LogP contribution is -2.53. The Morgan fingerprint density at radius 1 is 0.549 bits per heavy atom. The zero-order valence-electron chi connectivity index (χ0n) is 29.6. The second-order valence-electron chi connectivity index (χ2n) is 12.6. The number of ether oxygens (including phenoxy) is 4. The summed E-state index contributed by atoms with van der Waals surface area (Å²) in [5.74, 6) is 3.50. The standard InChI is InChI=1S/C21H26FNO2.C16H17NO2.C5H10BrF/c22-13-5-2-6-14-23-15-21(16-23)25-20-11-9-19(10-12-20)24-17-18-7-3-1-4-8-18;1-2-4-13(5-3-1)12-18-14-6-8-15(9-7-14)19-16-10-17-11-16;6-4-2-1-3-5-7/h1,3-4,7-12,21H,2,5-6,13-17H2;1-9,16-17H,10-12H2;1-5H2. The molecule has 2 fully saturated rings. The summed E-state index contributed by atoms with van der Waals surface area (Å²) in [6.45, 7) is 5.65. The van der Waals surface area contributed by atoms with Crippen molar-refractivity contribution >= 4 is 15.9 Å². The Hall–Kier alpha value is -3.66. The number of likely N-dealkylation sites (tertiary alicyclic amines) is 1. The van der Waals surface area contributed by atoms with Crippen molar-refractivity contribution in [2.45, 2.75) is 63.9 Å². The number of unbranched alkanes of at least 4 members (excludes halogenated alkanes) is 4. The highest BCUT2D eigenvalue weighted by molar-refractivity contribution is 9.09. The predicted octanol–water partition coefficient (Wildman–Crippen LogP) is 9.61. The molecule has 6 rings (SSSR count). The van der Waals surface area contributed by atoms with Crippen LogP contribution in [-0.2, 0) is 13.2 Å². The van der Waals surface area contributed by atoms with Crippen molar-refractivity contribution < 1.29 is 27.7 Å². The Morgan fingerprint density at radius 2 is 1.00 bits per heavy atom. The summed E-state index contributed by atoms with van der Waals surface area (Å²) in [5.41, 5.74) is 2.33. The van der Waals surface area contributed by atoms with Crippen LogP contribution in [0.2, 0.25) is 0 Å². The first-order valence-electron chi connectivity index (χ1n) is 18.1. The smallest absolute Gasteiger partial charge is 0.124 e. The van der Waals surface area contributed by atoms with Gasteiger partial charge in [0.25, 0.3) is 0 Å². The molecule has 0 atom stereocenters. The van der Waals surface area contributed by atoms with E-state index in [0.717, 1.165) is 98.7 Å². The molecule has 276 valence electrons. The molecule has 6 nitrogen and oxygen atoms in total. The Balaban J connectivity index is 0.000000198. The van der Waals surface area contributed by atoms with Gasteiger partial charge in [-0.2, -0.15) is 0 Å². The van der Waals surface area contributed by atoms with Gasteiger partial charge in [0.1, 0.15) is 48.4 Å². The van der Waals surface area contributed by atoms with Gasteiger partial charge in [-0.1, -0.05) is 83.0 Å². The lowest BCUT2D eigenvalue weighted by atomic mass is 10.1. The van der Waals surface area contributed by atoms with E-state index in [1.807, 2.05) is 84.9 Å². The van der Waals surface area contributed by atoms with Crippen LogP contribution in [0, 0.1) is 0 Å². The molecule has 9 heteroatoms. The van der Waals surface area contributed by atoms with Crippen molar-refractivity contribution in [2.24, 2.45) is 0 Å². The third-order valence-electron chi connectivity index (χ3n) is 8.29. The zero-order valence-corrected chi connectivity index (χ0v) is 31.2. The molecule has 0 radical (unpaired) electrons. The van der Waals surface area contributed by atoms with Crippen LogP contribution in [0.4, 0.5) is 8.78 Å². The summed E-state index contributed by atoms with van der Waals surface area (Å²) in [4.78, 5) is 2.36. The van der Waals surface area contributed by atoms with E-state index >= 15 is 0 Å². The van der Waals surface area contributed by atoms with Gasteiger partial charge in [0.15, 0.2) is 0 Å². The van der Waals surface area contributed by atoms with E-state index in [0.29, 0.717) is 25.7 Å². The second kappa shape index (κ2) is 24.5. The summed E-state index contributed by atoms with van der Waals surface area (Å²) in [6, 6.07) is 35.9. The quantitative estimate of drug-likeness (QED) is 0.0758. The van der Waals surface area contributed by atoms with Gasteiger partial charge in [-0.3, -0.25) is 13.7 Å². The van der Waals surface area contributed by atoms with E-state index in [-0.39, 0.29) is 19.5 Å². The minimum absolute atomic E-state index is 0.160. The molecule has 0 amide bonds. The van der Waals surface area contributed by atoms with Crippen molar-refractivity contribution in [1.82, 2.24) is 10.2 Å². The van der Waals surface area contributed by atoms with E-state index < -0.39 is 0 Å². The van der Waals surface area contributed by atoms with Crippen molar-refractivity contribution in [1.29, 1.82) is 0 Å².